The Hall–Kier alpha value is -3.85. The molecule has 0 bridgehead atoms. The van der Waals surface area contributed by atoms with Crippen molar-refractivity contribution in [3.63, 3.8) is 0 Å². The average molecular weight is 570 g/mol. The second-order valence-corrected chi connectivity index (χ2v) is 11.8. The Labute approximate surface area is 231 Å². The Bertz CT molecular complexity index is 1710. The molecule has 9 heteroatoms. The summed E-state index contributed by atoms with van der Waals surface area (Å²) in [4.78, 5) is 13.7. The molecule has 0 amide bonds. The van der Waals surface area contributed by atoms with Crippen LogP contribution in [0.2, 0.25) is 0 Å². The first kappa shape index (κ1) is 29.1. The summed E-state index contributed by atoms with van der Waals surface area (Å²) < 4.78 is 75.3. The van der Waals surface area contributed by atoms with Crippen molar-refractivity contribution >= 4 is 9.84 Å². The minimum atomic E-state index is -4.52. The molecule has 0 aliphatic rings. The molecule has 0 radical (unpaired) electrons. The summed E-state index contributed by atoms with van der Waals surface area (Å²) in [5.74, 6) is -0.175. The second-order valence-electron chi connectivity index (χ2n) is 9.86. The van der Waals surface area contributed by atoms with Gasteiger partial charge in [-0.1, -0.05) is 57.2 Å². The lowest BCUT2D eigenvalue weighted by Crippen LogP contribution is -2.14. The molecule has 1 aromatic heterocycles. The molecule has 3 aromatic carbocycles. The number of hydrogen-bond donors (Lipinski definition) is 0. The zero-order valence-corrected chi connectivity index (χ0v) is 23.4. The van der Waals surface area contributed by atoms with E-state index in [2.05, 4.69) is 0 Å². The number of hydrogen-bond acceptors (Lipinski definition) is 4. The van der Waals surface area contributed by atoms with Crippen LogP contribution in [0.4, 0.5) is 13.2 Å². The summed E-state index contributed by atoms with van der Waals surface area (Å²) >= 11 is 0. The van der Waals surface area contributed by atoms with E-state index in [9.17, 15) is 26.4 Å². The standard InChI is InChI=1S/C31H30F3NO4S/c1-5-15-39-28-11-6-7-12-29(28)40(37,38)23-10-8-9-21(16-23)25-18-35(4)19-26(30(25)36)22-13-14-27(31(32,33)34)24(17-22)20(2)3/h6-14,16-20H,5,15H2,1-4H3. The van der Waals surface area contributed by atoms with Crippen molar-refractivity contribution in [2.75, 3.05) is 6.61 Å². The van der Waals surface area contributed by atoms with Gasteiger partial charge in [-0.05, 0) is 59.4 Å². The molecular weight excluding hydrogens is 539 g/mol. The van der Waals surface area contributed by atoms with Crippen LogP contribution in [0.5, 0.6) is 5.75 Å². The molecule has 210 valence electrons. The van der Waals surface area contributed by atoms with Crippen LogP contribution in [0.1, 0.15) is 44.2 Å². The number of sulfone groups is 1. The topological polar surface area (TPSA) is 65.4 Å². The first-order valence-corrected chi connectivity index (χ1v) is 14.3. The van der Waals surface area contributed by atoms with E-state index < -0.39 is 32.9 Å². The van der Waals surface area contributed by atoms with E-state index in [0.717, 1.165) is 6.07 Å². The molecule has 0 unspecified atom stereocenters. The van der Waals surface area contributed by atoms with E-state index in [1.54, 1.807) is 68.2 Å². The third-order valence-corrected chi connectivity index (χ3v) is 8.29. The Morgan fingerprint density at radius 3 is 2.17 bits per heavy atom. The van der Waals surface area contributed by atoms with Crippen molar-refractivity contribution in [2.24, 2.45) is 7.05 Å². The van der Waals surface area contributed by atoms with Gasteiger partial charge in [0, 0.05) is 30.6 Å². The molecule has 4 aromatic rings. The lowest BCUT2D eigenvalue weighted by atomic mass is 9.92. The number of pyridine rings is 1. The summed E-state index contributed by atoms with van der Waals surface area (Å²) in [6.07, 6.45) is -0.679. The van der Waals surface area contributed by atoms with Crippen LogP contribution in [0.25, 0.3) is 22.3 Å². The number of aromatic nitrogens is 1. The highest BCUT2D eigenvalue weighted by Crippen LogP contribution is 2.37. The van der Waals surface area contributed by atoms with Gasteiger partial charge in [0.2, 0.25) is 9.84 Å². The molecule has 0 spiro atoms. The van der Waals surface area contributed by atoms with Crippen LogP contribution in [-0.2, 0) is 23.1 Å². The van der Waals surface area contributed by atoms with Gasteiger partial charge in [-0.2, -0.15) is 13.2 Å². The normalized spacial score (nSPS) is 12.1. The summed E-state index contributed by atoms with van der Waals surface area (Å²) in [6, 6.07) is 16.2. The van der Waals surface area contributed by atoms with Gasteiger partial charge in [-0.25, -0.2) is 8.42 Å². The van der Waals surface area contributed by atoms with Gasteiger partial charge < -0.3 is 9.30 Å². The number of halogens is 3. The highest BCUT2D eigenvalue weighted by Gasteiger charge is 2.34. The maximum absolute atomic E-state index is 13.7. The van der Waals surface area contributed by atoms with Gasteiger partial charge in [0.05, 0.1) is 17.1 Å². The number of benzene rings is 3. The van der Waals surface area contributed by atoms with E-state index >= 15 is 0 Å². The van der Waals surface area contributed by atoms with Crippen molar-refractivity contribution in [1.29, 1.82) is 0 Å². The summed E-state index contributed by atoms with van der Waals surface area (Å²) in [5.41, 5.74) is 0.0841. The first-order valence-electron chi connectivity index (χ1n) is 12.8. The van der Waals surface area contributed by atoms with Crippen molar-refractivity contribution in [1.82, 2.24) is 4.57 Å². The van der Waals surface area contributed by atoms with E-state index in [0.29, 0.717) is 24.2 Å². The maximum atomic E-state index is 13.7. The lowest BCUT2D eigenvalue weighted by molar-refractivity contribution is -0.138. The van der Waals surface area contributed by atoms with Crippen LogP contribution < -0.4 is 10.2 Å². The Morgan fingerprint density at radius 1 is 0.900 bits per heavy atom. The molecule has 0 saturated carbocycles. The van der Waals surface area contributed by atoms with E-state index in [1.165, 1.54) is 30.3 Å². The van der Waals surface area contributed by atoms with Crippen molar-refractivity contribution in [3.05, 3.63) is 100 Å². The molecule has 0 aliphatic carbocycles. The molecule has 1 heterocycles. The fourth-order valence-corrected chi connectivity index (χ4v) is 5.99. The molecule has 0 atom stereocenters. The number of alkyl halides is 3. The van der Waals surface area contributed by atoms with Crippen LogP contribution in [0.3, 0.4) is 0 Å². The number of para-hydroxylation sites is 1. The molecule has 0 aliphatic heterocycles. The highest BCUT2D eigenvalue weighted by atomic mass is 32.2. The predicted molar refractivity (Wildman–Crippen MR) is 149 cm³/mol. The molecule has 5 nitrogen and oxygen atoms in total. The fraction of sp³-hybridized carbons (Fsp3) is 0.258. The fourth-order valence-electron chi connectivity index (χ4n) is 4.55. The average Bonchev–Trinajstić information content (AvgIpc) is 2.92. The van der Waals surface area contributed by atoms with Crippen molar-refractivity contribution in [2.45, 2.75) is 49.1 Å². The molecule has 40 heavy (non-hydrogen) atoms. The first-order chi connectivity index (χ1) is 18.8. The largest absolute Gasteiger partial charge is 0.492 e. The van der Waals surface area contributed by atoms with Gasteiger partial charge in [0.1, 0.15) is 10.6 Å². The lowest BCUT2D eigenvalue weighted by Gasteiger charge is -2.17. The number of ether oxygens (including phenoxy) is 1. The summed E-state index contributed by atoms with van der Waals surface area (Å²) in [5, 5.41) is 0. The molecule has 0 saturated heterocycles. The third-order valence-electron chi connectivity index (χ3n) is 6.50. The second kappa shape index (κ2) is 11.3. The van der Waals surface area contributed by atoms with Gasteiger partial charge in [0.25, 0.3) is 0 Å². The van der Waals surface area contributed by atoms with E-state index in [-0.39, 0.29) is 32.2 Å². The maximum Gasteiger partial charge on any atom is 0.416 e. The highest BCUT2D eigenvalue weighted by molar-refractivity contribution is 7.91. The molecular formula is C31H30F3NO4S. The minimum absolute atomic E-state index is 0.0124. The molecule has 0 N–H and O–H groups in total. The van der Waals surface area contributed by atoms with E-state index in [4.69, 9.17) is 4.74 Å². The molecule has 4 rings (SSSR count). The predicted octanol–water partition coefficient (Wildman–Crippen LogP) is 7.48. The van der Waals surface area contributed by atoms with Crippen molar-refractivity contribution < 1.29 is 26.3 Å². The van der Waals surface area contributed by atoms with Crippen LogP contribution >= 0.6 is 0 Å². The quantitative estimate of drug-likeness (QED) is 0.221. The Morgan fingerprint density at radius 2 is 1.55 bits per heavy atom. The zero-order chi connectivity index (χ0) is 29.2. The van der Waals surface area contributed by atoms with Gasteiger partial charge in [0.15, 0.2) is 5.43 Å². The van der Waals surface area contributed by atoms with Gasteiger partial charge >= 0.3 is 6.18 Å². The number of nitrogens with zero attached hydrogens (tertiary/aromatic N) is 1. The van der Waals surface area contributed by atoms with Crippen LogP contribution in [0, 0.1) is 0 Å². The van der Waals surface area contributed by atoms with Crippen LogP contribution in [-0.4, -0.2) is 19.6 Å². The third kappa shape index (κ3) is 5.84. The van der Waals surface area contributed by atoms with E-state index in [1.807, 2.05) is 6.92 Å². The molecule has 0 fully saturated rings. The number of rotatable bonds is 8. The zero-order valence-electron chi connectivity index (χ0n) is 22.6. The van der Waals surface area contributed by atoms with Crippen molar-refractivity contribution in [3.8, 4) is 28.0 Å². The van der Waals surface area contributed by atoms with Gasteiger partial charge in [-0.15, -0.1) is 0 Å². The monoisotopic (exact) mass is 569 g/mol. The Balaban J connectivity index is 1.83. The SMILES string of the molecule is CCCOc1ccccc1S(=O)(=O)c1cccc(-c2cn(C)cc(-c3ccc(C(F)(F)F)c(C(C)C)c3)c2=O)c1. The summed E-state index contributed by atoms with van der Waals surface area (Å²) in [7, 11) is -2.29. The van der Waals surface area contributed by atoms with Gasteiger partial charge in [-0.3, -0.25) is 4.79 Å². The summed E-state index contributed by atoms with van der Waals surface area (Å²) in [6.45, 7) is 5.61. The van der Waals surface area contributed by atoms with Crippen LogP contribution in [0.15, 0.2) is 93.7 Å². The minimum Gasteiger partial charge on any atom is -0.492 e. The Kier molecular flexibility index (Phi) is 8.25. The number of aryl methyl sites for hydroxylation is 1. The smallest absolute Gasteiger partial charge is 0.416 e.